The maximum atomic E-state index is 13.0. The Labute approximate surface area is 493 Å². The van der Waals surface area contributed by atoms with Crippen molar-refractivity contribution in [1.29, 1.82) is 0 Å². The number of carbonyl (C=O) groups excluding carboxylic acids is 1. The van der Waals surface area contributed by atoms with Crippen molar-refractivity contribution < 1.29 is 32.9 Å². The zero-order chi connectivity index (χ0) is 58.4. The molecule has 8 nitrogen and oxygen atoms in total. The van der Waals surface area contributed by atoms with Crippen LogP contribution in [0.15, 0.2) is 146 Å². The Morgan fingerprint density at radius 2 is 0.762 bits per heavy atom. The second-order valence-corrected chi connectivity index (χ2v) is 23.8. The fourth-order valence-corrected chi connectivity index (χ4v) is 9.27. The molecule has 0 aliphatic heterocycles. The molecule has 0 aromatic heterocycles. The van der Waals surface area contributed by atoms with E-state index in [4.69, 9.17) is 9.05 Å². The topological polar surface area (TPSA) is 105 Å². The van der Waals surface area contributed by atoms with Gasteiger partial charge >= 0.3 is 7.82 Å². The van der Waals surface area contributed by atoms with E-state index in [0.29, 0.717) is 23.9 Å². The van der Waals surface area contributed by atoms with E-state index in [-0.39, 0.29) is 19.1 Å². The molecule has 456 valence electrons. The standard InChI is InChI=1S/C71H121N2O6P/c1-6-8-10-12-14-16-18-20-22-24-26-28-30-32-34-35-36-37-39-41-43-45-47-49-51-53-55-57-59-61-63-65-71(75)72-69(68-79-80(76,77)78-67-66-73(3,4)5)70(74)64-62-60-58-56-54-52-50-48-46-44-42-40-38-33-31-29-27-25-23-21-19-17-15-13-11-9-7-2/h8,10,14,16,20,22,26,28,32,34,36-37,41,43,46-49,53-56,62,64,69-70,74H,6-7,9,11-13,15,17-19,21,23-25,27,29-31,33,35,38-40,42,44-45,50-52,57-61,63,65-68H2,1-5H3,(H-,72,75,76,77)/p+1/b10-8-,16-14-,22-20-,28-26-,34-32-,37-36-,43-41-,48-46+,49-47-,55-53-,56-54+,64-62+. The molecule has 0 aliphatic rings. The third-order valence-corrected chi connectivity index (χ3v) is 14.5. The SMILES string of the molecule is CC/C=C\C/C=C\C/C=C\C/C=C\C/C=C\C/C=C\C/C=C\C/C=C\C/C=C\CCCCCC(=O)NC(COP(=O)(O)OCC[N+](C)(C)C)C(O)/C=C/CC/C=C/CC/C=C/CCCCCCCCCCCCCCCCCCC. The van der Waals surface area contributed by atoms with Gasteiger partial charge in [0, 0.05) is 6.42 Å². The minimum Gasteiger partial charge on any atom is -0.387 e. The summed E-state index contributed by atoms with van der Waals surface area (Å²) in [5.41, 5.74) is 0. The number of nitrogens with one attached hydrogen (secondary N) is 1. The number of hydrogen-bond acceptors (Lipinski definition) is 5. The lowest BCUT2D eigenvalue weighted by Gasteiger charge is -2.25. The lowest BCUT2D eigenvalue weighted by atomic mass is 10.0. The highest BCUT2D eigenvalue weighted by Crippen LogP contribution is 2.43. The average molecular weight is 1130 g/mol. The lowest BCUT2D eigenvalue weighted by Crippen LogP contribution is -2.45. The molecule has 0 aromatic rings. The van der Waals surface area contributed by atoms with Crippen molar-refractivity contribution in [2.45, 2.75) is 257 Å². The molecule has 0 aliphatic carbocycles. The van der Waals surface area contributed by atoms with Crippen LogP contribution in [0.25, 0.3) is 0 Å². The summed E-state index contributed by atoms with van der Waals surface area (Å²) in [6.07, 6.45) is 92.6. The Morgan fingerprint density at radius 1 is 0.438 bits per heavy atom. The highest BCUT2D eigenvalue weighted by atomic mass is 31.2. The van der Waals surface area contributed by atoms with Crippen LogP contribution < -0.4 is 5.32 Å². The van der Waals surface area contributed by atoms with Crippen molar-refractivity contribution in [3.63, 3.8) is 0 Å². The van der Waals surface area contributed by atoms with E-state index >= 15 is 0 Å². The van der Waals surface area contributed by atoms with E-state index in [2.05, 4.69) is 153 Å². The van der Waals surface area contributed by atoms with Crippen LogP contribution in [0, 0.1) is 0 Å². The van der Waals surface area contributed by atoms with Gasteiger partial charge in [0.05, 0.1) is 39.9 Å². The second kappa shape index (κ2) is 60.0. The molecule has 1 amide bonds. The van der Waals surface area contributed by atoms with Crippen LogP contribution in [0.1, 0.15) is 245 Å². The number of allylic oxidation sites excluding steroid dienone is 23. The first-order valence-corrected chi connectivity index (χ1v) is 33.7. The van der Waals surface area contributed by atoms with E-state index < -0.39 is 20.0 Å². The van der Waals surface area contributed by atoms with Gasteiger partial charge in [-0.05, 0) is 116 Å². The molecule has 9 heteroatoms. The van der Waals surface area contributed by atoms with Crippen LogP contribution in [0.2, 0.25) is 0 Å². The summed E-state index contributed by atoms with van der Waals surface area (Å²) in [4.78, 5) is 23.4. The predicted molar refractivity (Wildman–Crippen MR) is 350 cm³/mol. The van der Waals surface area contributed by atoms with Crippen LogP contribution in [0.5, 0.6) is 0 Å². The van der Waals surface area contributed by atoms with Crippen molar-refractivity contribution in [3.05, 3.63) is 146 Å². The number of aliphatic hydroxyl groups is 1. The molecule has 0 rings (SSSR count). The molecule has 3 atom stereocenters. The number of unbranched alkanes of at least 4 members (excludes halogenated alkanes) is 22. The summed E-state index contributed by atoms with van der Waals surface area (Å²) < 4.78 is 23.7. The van der Waals surface area contributed by atoms with Gasteiger partial charge < -0.3 is 19.8 Å². The van der Waals surface area contributed by atoms with Crippen molar-refractivity contribution in [2.24, 2.45) is 0 Å². The third-order valence-electron chi connectivity index (χ3n) is 13.5. The monoisotopic (exact) mass is 1130 g/mol. The summed E-state index contributed by atoms with van der Waals surface area (Å²) in [6, 6.07) is -0.901. The Morgan fingerprint density at radius 3 is 1.15 bits per heavy atom. The van der Waals surface area contributed by atoms with Gasteiger partial charge in [-0.3, -0.25) is 13.8 Å². The number of likely N-dealkylation sites (N-methyl/N-ethyl adjacent to an activating group) is 1. The number of nitrogens with zero attached hydrogens (tertiary/aromatic N) is 1. The number of phosphoric acid groups is 1. The van der Waals surface area contributed by atoms with Crippen LogP contribution in [-0.4, -0.2) is 73.4 Å². The predicted octanol–water partition coefficient (Wildman–Crippen LogP) is 20.4. The van der Waals surface area contributed by atoms with Crippen molar-refractivity contribution >= 4 is 13.7 Å². The Kier molecular flexibility index (Phi) is 57.3. The average Bonchev–Trinajstić information content (AvgIpc) is 3.42. The van der Waals surface area contributed by atoms with Gasteiger partial charge in [-0.1, -0.05) is 269 Å². The van der Waals surface area contributed by atoms with Crippen LogP contribution >= 0.6 is 7.82 Å². The Hall–Kier alpha value is -3.62. The first-order chi connectivity index (χ1) is 39.0. The largest absolute Gasteiger partial charge is 0.472 e. The zero-order valence-corrected chi connectivity index (χ0v) is 52.9. The van der Waals surface area contributed by atoms with Gasteiger partial charge in [-0.2, -0.15) is 0 Å². The number of aliphatic hydroxyl groups excluding tert-OH is 1. The molecule has 0 radical (unpaired) electrons. The normalized spacial score (nSPS) is 14.7. The summed E-state index contributed by atoms with van der Waals surface area (Å²) in [6.45, 7) is 4.64. The van der Waals surface area contributed by atoms with Crippen molar-refractivity contribution in [3.8, 4) is 0 Å². The number of rotatable bonds is 57. The molecule has 0 saturated carbocycles. The number of amides is 1. The minimum atomic E-state index is -4.39. The fraction of sp³-hybridized carbons (Fsp3) is 0.648. The molecule has 80 heavy (non-hydrogen) atoms. The van der Waals surface area contributed by atoms with Gasteiger partial charge in [0.15, 0.2) is 0 Å². The summed E-state index contributed by atoms with van der Waals surface area (Å²) in [5.74, 6) is -0.228. The van der Waals surface area contributed by atoms with E-state index in [1.807, 2.05) is 27.2 Å². The van der Waals surface area contributed by atoms with Crippen molar-refractivity contribution in [2.75, 3.05) is 40.9 Å². The van der Waals surface area contributed by atoms with E-state index in [1.165, 1.54) is 116 Å². The zero-order valence-electron chi connectivity index (χ0n) is 52.0. The fourth-order valence-electron chi connectivity index (χ4n) is 8.54. The first kappa shape index (κ1) is 76.4. The highest BCUT2D eigenvalue weighted by molar-refractivity contribution is 7.47. The van der Waals surface area contributed by atoms with Gasteiger partial charge in [0.25, 0.3) is 0 Å². The number of hydrogen-bond donors (Lipinski definition) is 3. The summed E-state index contributed by atoms with van der Waals surface area (Å²) >= 11 is 0. The molecule has 0 heterocycles. The van der Waals surface area contributed by atoms with Crippen LogP contribution in [0.4, 0.5) is 0 Å². The van der Waals surface area contributed by atoms with E-state index in [0.717, 1.165) is 103 Å². The van der Waals surface area contributed by atoms with Gasteiger partial charge in [-0.25, -0.2) is 4.57 Å². The smallest absolute Gasteiger partial charge is 0.387 e. The Bertz CT molecular complexity index is 1810. The van der Waals surface area contributed by atoms with Gasteiger partial charge in [0.1, 0.15) is 13.2 Å². The van der Waals surface area contributed by atoms with Crippen LogP contribution in [0.3, 0.4) is 0 Å². The van der Waals surface area contributed by atoms with Crippen molar-refractivity contribution in [1.82, 2.24) is 5.32 Å². The van der Waals surface area contributed by atoms with Gasteiger partial charge in [0.2, 0.25) is 5.91 Å². The summed E-state index contributed by atoms with van der Waals surface area (Å²) in [7, 11) is 1.50. The molecule has 3 unspecified atom stereocenters. The molecule has 0 spiro atoms. The minimum absolute atomic E-state index is 0.0382. The maximum absolute atomic E-state index is 13.0. The Balaban J connectivity index is 4.34. The molecule has 0 saturated heterocycles. The maximum Gasteiger partial charge on any atom is 0.472 e. The molecule has 0 fully saturated rings. The molecule has 3 N–H and O–H groups in total. The summed E-state index contributed by atoms with van der Waals surface area (Å²) in [5, 5.41) is 13.9. The molecule has 0 bridgehead atoms. The quantitative estimate of drug-likeness (QED) is 0.0243. The number of quaternary nitrogens is 1. The molecular weight excluding hydrogens is 1010 g/mol. The number of phosphoric ester groups is 1. The highest BCUT2D eigenvalue weighted by Gasteiger charge is 2.27. The lowest BCUT2D eigenvalue weighted by molar-refractivity contribution is -0.870. The third kappa shape index (κ3) is 62.0. The van der Waals surface area contributed by atoms with Gasteiger partial charge in [-0.15, -0.1) is 0 Å². The second-order valence-electron chi connectivity index (χ2n) is 22.4. The van der Waals surface area contributed by atoms with E-state index in [1.54, 1.807) is 6.08 Å². The molecule has 0 aromatic carbocycles. The van der Waals surface area contributed by atoms with E-state index in [9.17, 15) is 19.4 Å². The number of carbonyl (C=O) groups is 1. The molecular formula is C71H122N2O6P+. The van der Waals surface area contributed by atoms with Crippen LogP contribution in [-0.2, 0) is 18.4 Å². The first-order valence-electron chi connectivity index (χ1n) is 32.2.